The van der Waals surface area contributed by atoms with Gasteiger partial charge in [0.25, 0.3) is 0 Å². The molecule has 106 valence electrons. The summed E-state index contributed by atoms with van der Waals surface area (Å²) in [6, 6.07) is 9.83. The highest BCUT2D eigenvalue weighted by Crippen LogP contribution is 2.13. The van der Waals surface area contributed by atoms with E-state index in [2.05, 4.69) is 10.2 Å². The minimum Gasteiger partial charge on any atom is -0.315 e. The highest BCUT2D eigenvalue weighted by atomic mass is 16.2. The van der Waals surface area contributed by atoms with Crippen molar-refractivity contribution in [3.05, 3.63) is 30.3 Å². The van der Waals surface area contributed by atoms with E-state index in [1.807, 2.05) is 56.3 Å². The van der Waals surface area contributed by atoms with Gasteiger partial charge in [0.2, 0.25) is 5.91 Å². The standard InChI is InChI=1S/C15H25N3O/c1-4-18(14-8-6-5-7-9-14)15(19)10-11-16-12-13-17(2)3/h5-9,16H,4,10-13H2,1-3H3. The summed E-state index contributed by atoms with van der Waals surface area (Å²) >= 11 is 0. The van der Waals surface area contributed by atoms with Crippen LogP contribution in [0.25, 0.3) is 0 Å². The number of amides is 1. The topological polar surface area (TPSA) is 35.6 Å². The predicted molar refractivity (Wildman–Crippen MR) is 80.5 cm³/mol. The average Bonchev–Trinajstić information content (AvgIpc) is 2.40. The van der Waals surface area contributed by atoms with Crippen molar-refractivity contribution in [1.82, 2.24) is 10.2 Å². The second kappa shape index (κ2) is 8.67. The Balaban J connectivity index is 2.35. The molecule has 0 saturated carbocycles. The van der Waals surface area contributed by atoms with Crippen LogP contribution in [0.3, 0.4) is 0 Å². The fourth-order valence-corrected chi connectivity index (χ4v) is 1.87. The maximum absolute atomic E-state index is 12.1. The molecular weight excluding hydrogens is 238 g/mol. The number of hydrogen-bond acceptors (Lipinski definition) is 3. The smallest absolute Gasteiger partial charge is 0.228 e. The Morgan fingerprint density at radius 2 is 1.84 bits per heavy atom. The number of likely N-dealkylation sites (N-methyl/N-ethyl adjacent to an activating group) is 1. The van der Waals surface area contributed by atoms with Crippen LogP contribution >= 0.6 is 0 Å². The Bertz CT molecular complexity index is 365. The molecule has 1 N–H and O–H groups in total. The summed E-state index contributed by atoms with van der Waals surface area (Å²) in [5, 5.41) is 3.29. The first-order valence-corrected chi connectivity index (χ1v) is 6.86. The Morgan fingerprint density at radius 1 is 1.16 bits per heavy atom. The fourth-order valence-electron chi connectivity index (χ4n) is 1.87. The van der Waals surface area contributed by atoms with E-state index in [1.54, 1.807) is 0 Å². The molecule has 1 aromatic carbocycles. The van der Waals surface area contributed by atoms with Gasteiger partial charge in [-0.3, -0.25) is 4.79 Å². The summed E-state index contributed by atoms with van der Waals surface area (Å²) in [4.78, 5) is 16.1. The van der Waals surface area contributed by atoms with Gasteiger partial charge in [-0.05, 0) is 33.2 Å². The van der Waals surface area contributed by atoms with Gasteiger partial charge in [-0.2, -0.15) is 0 Å². The van der Waals surface area contributed by atoms with Gasteiger partial charge in [-0.15, -0.1) is 0 Å². The number of carbonyl (C=O) groups excluding carboxylic acids is 1. The van der Waals surface area contributed by atoms with Crippen LogP contribution < -0.4 is 10.2 Å². The molecule has 4 nitrogen and oxygen atoms in total. The van der Waals surface area contributed by atoms with E-state index in [4.69, 9.17) is 0 Å². The predicted octanol–water partition coefficient (Wildman–Crippen LogP) is 1.58. The quantitative estimate of drug-likeness (QED) is 0.723. The Hall–Kier alpha value is -1.39. The van der Waals surface area contributed by atoms with E-state index >= 15 is 0 Å². The Kier molecular flexibility index (Phi) is 7.15. The van der Waals surface area contributed by atoms with E-state index in [1.165, 1.54) is 0 Å². The molecule has 0 heterocycles. The fraction of sp³-hybridized carbons (Fsp3) is 0.533. The summed E-state index contributed by atoms with van der Waals surface area (Å²) in [5.74, 6) is 0.172. The molecule has 0 atom stereocenters. The molecule has 1 rings (SSSR count). The van der Waals surface area contributed by atoms with Gasteiger partial charge in [-0.1, -0.05) is 18.2 Å². The molecule has 0 spiro atoms. The van der Waals surface area contributed by atoms with E-state index in [0.29, 0.717) is 13.0 Å². The minimum atomic E-state index is 0.172. The zero-order valence-electron chi connectivity index (χ0n) is 12.2. The van der Waals surface area contributed by atoms with Gasteiger partial charge in [-0.25, -0.2) is 0 Å². The number of benzene rings is 1. The lowest BCUT2D eigenvalue weighted by atomic mass is 10.2. The molecule has 0 aliphatic heterocycles. The van der Waals surface area contributed by atoms with Crippen LogP contribution in [-0.4, -0.2) is 51.1 Å². The van der Waals surface area contributed by atoms with Crippen LogP contribution in [0, 0.1) is 0 Å². The van der Waals surface area contributed by atoms with Crippen molar-refractivity contribution in [3.63, 3.8) is 0 Å². The van der Waals surface area contributed by atoms with Crippen molar-refractivity contribution < 1.29 is 4.79 Å². The van der Waals surface area contributed by atoms with Crippen LogP contribution in [-0.2, 0) is 4.79 Å². The lowest BCUT2D eigenvalue weighted by Gasteiger charge is -2.21. The summed E-state index contributed by atoms with van der Waals surface area (Å²) in [5.41, 5.74) is 0.975. The zero-order chi connectivity index (χ0) is 14.1. The molecule has 1 amide bonds. The highest BCUT2D eigenvalue weighted by molar-refractivity contribution is 5.93. The van der Waals surface area contributed by atoms with E-state index < -0.39 is 0 Å². The molecule has 0 fully saturated rings. The number of para-hydroxylation sites is 1. The first-order valence-electron chi connectivity index (χ1n) is 6.86. The van der Waals surface area contributed by atoms with E-state index in [9.17, 15) is 4.79 Å². The van der Waals surface area contributed by atoms with Crippen molar-refractivity contribution in [2.45, 2.75) is 13.3 Å². The van der Waals surface area contributed by atoms with Crippen molar-refractivity contribution in [1.29, 1.82) is 0 Å². The van der Waals surface area contributed by atoms with Crippen LogP contribution in [0.2, 0.25) is 0 Å². The number of nitrogens with zero attached hydrogens (tertiary/aromatic N) is 2. The SMILES string of the molecule is CCN(C(=O)CCNCCN(C)C)c1ccccc1. The van der Waals surface area contributed by atoms with Crippen molar-refractivity contribution in [2.24, 2.45) is 0 Å². The number of hydrogen-bond donors (Lipinski definition) is 1. The monoisotopic (exact) mass is 263 g/mol. The van der Waals surface area contributed by atoms with Crippen LogP contribution in [0.15, 0.2) is 30.3 Å². The van der Waals surface area contributed by atoms with Crippen molar-refractivity contribution in [3.8, 4) is 0 Å². The molecule has 0 bridgehead atoms. The molecule has 19 heavy (non-hydrogen) atoms. The first kappa shape index (κ1) is 15.7. The number of carbonyl (C=O) groups is 1. The van der Waals surface area contributed by atoms with Gasteiger partial charge >= 0.3 is 0 Å². The molecule has 0 aromatic heterocycles. The molecule has 0 aliphatic carbocycles. The molecule has 1 aromatic rings. The summed E-state index contributed by atoms with van der Waals surface area (Å²) in [6.07, 6.45) is 0.538. The van der Waals surface area contributed by atoms with Gasteiger partial charge in [0, 0.05) is 38.3 Å². The summed E-state index contributed by atoms with van der Waals surface area (Å²) < 4.78 is 0. The molecule has 4 heteroatoms. The molecular formula is C15H25N3O. The molecule has 0 radical (unpaired) electrons. The third-order valence-corrected chi connectivity index (χ3v) is 2.94. The average molecular weight is 263 g/mol. The van der Waals surface area contributed by atoms with E-state index in [0.717, 1.165) is 25.3 Å². The van der Waals surface area contributed by atoms with E-state index in [-0.39, 0.29) is 5.91 Å². The maximum atomic E-state index is 12.1. The molecule has 0 unspecified atom stereocenters. The Labute approximate surface area is 116 Å². The maximum Gasteiger partial charge on any atom is 0.228 e. The third kappa shape index (κ3) is 5.85. The summed E-state index contributed by atoms with van der Waals surface area (Å²) in [6.45, 7) is 5.35. The first-order chi connectivity index (χ1) is 9.15. The highest BCUT2D eigenvalue weighted by Gasteiger charge is 2.12. The Morgan fingerprint density at radius 3 is 2.42 bits per heavy atom. The second-order valence-corrected chi connectivity index (χ2v) is 4.78. The van der Waals surface area contributed by atoms with Gasteiger partial charge in [0.15, 0.2) is 0 Å². The van der Waals surface area contributed by atoms with Gasteiger partial charge < -0.3 is 15.1 Å². The number of anilines is 1. The van der Waals surface area contributed by atoms with Crippen LogP contribution in [0.4, 0.5) is 5.69 Å². The lowest BCUT2D eigenvalue weighted by molar-refractivity contribution is -0.118. The van der Waals surface area contributed by atoms with Crippen molar-refractivity contribution in [2.75, 3.05) is 45.2 Å². The van der Waals surface area contributed by atoms with Gasteiger partial charge in [0.1, 0.15) is 0 Å². The van der Waals surface area contributed by atoms with Crippen LogP contribution in [0.1, 0.15) is 13.3 Å². The number of nitrogens with one attached hydrogen (secondary N) is 1. The normalized spacial score (nSPS) is 10.7. The largest absolute Gasteiger partial charge is 0.315 e. The third-order valence-electron chi connectivity index (χ3n) is 2.94. The lowest BCUT2D eigenvalue weighted by Crippen LogP contribution is -2.34. The van der Waals surface area contributed by atoms with Crippen LogP contribution in [0.5, 0.6) is 0 Å². The van der Waals surface area contributed by atoms with Gasteiger partial charge in [0.05, 0.1) is 0 Å². The summed E-state index contributed by atoms with van der Waals surface area (Å²) in [7, 11) is 4.09. The second-order valence-electron chi connectivity index (χ2n) is 4.78. The zero-order valence-corrected chi connectivity index (χ0v) is 12.2. The molecule has 0 aliphatic rings. The van der Waals surface area contributed by atoms with Crippen molar-refractivity contribution >= 4 is 11.6 Å². The number of rotatable bonds is 8. The minimum absolute atomic E-state index is 0.172. The molecule has 0 saturated heterocycles.